The number of esters is 1. The highest BCUT2D eigenvalue weighted by Gasteiger charge is 2.59. The minimum Gasteiger partial charge on any atom is -0.463 e. The fraction of sp³-hybridized carbons (Fsp3) is 0.577. The van der Waals surface area contributed by atoms with Gasteiger partial charge in [0.25, 0.3) is 0 Å². The van der Waals surface area contributed by atoms with Gasteiger partial charge in [0, 0.05) is 11.5 Å². The Labute approximate surface area is 172 Å². The van der Waals surface area contributed by atoms with E-state index >= 15 is 0 Å². The number of carbonyl (C=O) groups is 1. The molecule has 1 aromatic carbocycles. The molecule has 0 radical (unpaired) electrons. The Morgan fingerprint density at radius 1 is 1.11 bits per heavy atom. The van der Waals surface area contributed by atoms with Crippen LogP contribution in [0.5, 0.6) is 0 Å². The maximum absolute atomic E-state index is 11.7. The predicted octanol–water partition coefficient (Wildman–Crippen LogP) is 6.91. The van der Waals surface area contributed by atoms with E-state index in [0.717, 1.165) is 12.0 Å². The molecule has 1 aromatic rings. The van der Waals surface area contributed by atoms with Gasteiger partial charge in [-0.15, -0.1) is 0 Å². The summed E-state index contributed by atoms with van der Waals surface area (Å²) in [6, 6.07) is 7.23. The summed E-state index contributed by atoms with van der Waals surface area (Å²) in [6.45, 7) is 18.0. The van der Waals surface area contributed by atoms with Crippen molar-refractivity contribution < 1.29 is 9.53 Å². The fourth-order valence-electron chi connectivity index (χ4n) is 4.38. The minimum atomic E-state index is -0.263. The van der Waals surface area contributed by atoms with Crippen molar-refractivity contribution in [2.75, 3.05) is 6.61 Å². The van der Waals surface area contributed by atoms with Gasteiger partial charge < -0.3 is 4.74 Å². The van der Waals surface area contributed by atoms with Crippen LogP contribution in [0.2, 0.25) is 0 Å². The van der Waals surface area contributed by atoms with Crippen molar-refractivity contribution in [3.05, 3.63) is 58.7 Å². The van der Waals surface area contributed by atoms with Crippen molar-refractivity contribution in [2.45, 2.75) is 79.1 Å². The Hall–Kier alpha value is -1.83. The van der Waals surface area contributed by atoms with Gasteiger partial charge in [-0.25, -0.2) is 4.79 Å². The van der Waals surface area contributed by atoms with E-state index in [9.17, 15) is 4.79 Å². The highest BCUT2D eigenvalue weighted by Crippen LogP contribution is 2.62. The average molecular weight is 383 g/mol. The van der Waals surface area contributed by atoms with E-state index in [0.29, 0.717) is 30.3 Å². The molecule has 0 saturated heterocycles. The van der Waals surface area contributed by atoms with E-state index in [2.05, 4.69) is 71.9 Å². The van der Waals surface area contributed by atoms with Crippen LogP contribution in [-0.4, -0.2) is 12.6 Å². The molecule has 1 fully saturated rings. The molecule has 1 aliphatic rings. The second-order valence-corrected chi connectivity index (χ2v) is 9.02. The van der Waals surface area contributed by atoms with Crippen molar-refractivity contribution in [3.63, 3.8) is 0 Å². The van der Waals surface area contributed by atoms with Gasteiger partial charge >= 0.3 is 5.97 Å². The third kappa shape index (κ3) is 4.77. The zero-order chi connectivity index (χ0) is 21.1. The number of hydrogen-bond donors (Lipinski definition) is 0. The quantitative estimate of drug-likeness (QED) is 0.277. The molecule has 0 N–H and O–H groups in total. The van der Waals surface area contributed by atoms with Crippen molar-refractivity contribution in [1.29, 1.82) is 0 Å². The molecule has 0 heterocycles. The van der Waals surface area contributed by atoms with Gasteiger partial charge in [0.15, 0.2) is 0 Å². The van der Waals surface area contributed by atoms with E-state index in [4.69, 9.17) is 4.74 Å². The van der Waals surface area contributed by atoms with Crippen molar-refractivity contribution in [1.82, 2.24) is 0 Å². The van der Waals surface area contributed by atoms with Crippen LogP contribution in [0, 0.1) is 11.8 Å². The van der Waals surface area contributed by atoms with E-state index in [1.165, 1.54) is 16.7 Å². The minimum absolute atomic E-state index is 0.171. The van der Waals surface area contributed by atoms with Crippen LogP contribution in [0.15, 0.2) is 42.0 Å². The number of allylic oxidation sites excluding steroid dienone is 3. The van der Waals surface area contributed by atoms with Crippen LogP contribution in [0.4, 0.5) is 0 Å². The van der Waals surface area contributed by atoms with Gasteiger partial charge in [-0.3, -0.25) is 0 Å². The molecule has 2 rings (SSSR count). The first-order chi connectivity index (χ1) is 13.1. The van der Waals surface area contributed by atoms with Crippen LogP contribution in [0.3, 0.4) is 0 Å². The molecule has 1 aliphatic carbocycles. The third-order valence-corrected chi connectivity index (χ3v) is 6.36. The molecule has 2 nitrogen and oxygen atoms in total. The molecule has 0 amide bonds. The number of benzene rings is 1. The largest absolute Gasteiger partial charge is 0.463 e. The van der Waals surface area contributed by atoms with E-state index in [1.807, 2.05) is 13.8 Å². The van der Waals surface area contributed by atoms with Gasteiger partial charge in [0.2, 0.25) is 0 Å². The first kappa shape index (κ1) is 22.5. The molecule has 3 atom stereocenters. The normalized spacial score (nSPS) is 25.0. The summed E-state index contributed by atoms with van der Waals surface area (Å²) in [5.74, 6) is 1.95. The molecule has 1 saturated carbocycles. The van der Waals surface area contributed by atoms with Crippen molar-refractivity contribution >= 4 is 5.97 Å². The zero-order valence-corrected chi connectivity index (χ0v) is 19.0. The second-order valence-electron chi connectivity index (χ2n) is 9.02. The lowest BCUT2D eigenvalue weighted by molar-refractivity contribution is -0.137. The molecule has 3 unspecified atom stereocenters. The highest BCUT2D eigenvalue weighted by molar-refractivity contribution is 5.83. The van der Waals surface area contributed by atoms with Gasteiger partial charge in [-0.2, -0.15) is 0 Å². The van der Waals surface area contributed by atoms with Crippen LogP contribution in [-0.2, 0) is 14.9 Å². The molecule has 0 bridgehead atoms. The number of rotatable bonds is 8. The lowest BCUT2D eigenvalue weighted by Gasteiger charge is -2.19. The summed E-state index contributed by atoms with van der Waals surface area (Å²) in [6.07, 6.45) is 7.13. The van der Waals surface area contributed by atoms with Gasteiger partial charge in [0.05, 0.1) is 6.61 Å². The molecule has 0 spiro atoms. The van der Waals surface area contributed by atoms with Crippen molar-refractivity contribution in [3.8, 4) is 0 Å². The summed E-state index contributed by atoms with van der Waals surface area (Å²) < 4.78 is 5.01. The van der Waals surface area contributed by atoms with Gasteiger partial charge in [-0.1, -0.05) is 78.3 Å². The van der Waals surface area contributed by atoms with Gasteiger partial charge in [0.1, 0.15) is 0 Å². The Kier molecular flexibility index (Phi) is 7.31. The third-order valence-electron chi connectivity index (χ3n) is 6.36. The van der Waals surface area contributed by atoms with Gasteiger partial charge in [-0.05, 0) is 59.8 Å². The fourth-order valence-corrected chi connectivity index (χ4v) is 4.38. The Balaban J connectivity index is 2.32. The summed E-state index contributed by atoms with van der Waals surface area (Å²) in [5.41, 5.74) is 5.46. The Bertz CT molecular complexity index is 727. The van der Waals surface area contributed by atoms with Crippen LogP contribution in [0.25, 0.3) is 0 Å². The van der Waals surface area contributed by atoms with E-state index in [-0.39, 0.29) is 11.4 Å². The standard InChI is InChI=1S/C26H38O2/c1-9-23-24(12-11-19(7)13-25(27)28-10-2)26(23,8)22-15-20(17(3)4)14-21(16-22)18(5)6/h11-18,23-24H,9-10H2,1-8H3/b12-11+,19-13+. The predicted molar refractivity (Wildman–Crippen MR) is 119 cm³/mol. The summed E-state index contributed by atoms with van der Waals surface area (Å²) >= 11 is 0. The summed E-state index contributed by atoms with van der Waals surface area (Å²) in [5, 5.41) is 0. The number of ether oxygens (including phenoxy) is 1. The molecule has 28 heavy (non-hydrogen) atoms. The summed E-state index contributed by atoms with van der Waals surface area (Å²) in [7, 11) is 0. The average Bonchev–Trinajstić information content (AvgIpc) is 3.24. The molecular weight excluding hydrogens is 344 g/mol. The SMILES string of the molecule is CCOC(=O)/C=C(C)/C=C/C1C(CC)C1(C)c1cc(C(C)C)cc(C(C)C)c1. The molecule has 2 heteroatoms. The topological polar surface area (TPSA) is 26.3 Å². The zero-order valence-electron chi connectivity index (χ0n) is 19.0. The highest BCUT2D eigenvalue weighted by atomic mass is 16.5. The van der Waals surface area contributed by atoms with E-state index in [1.54, 1.807) is 6.08 Å². The molecular formula is C26H38O2. The maximum Gasteiger partial charge on any atom is 0.330 e. The second kappa shape index (κ2) is 9.11. The van der Waals surface area contributed by atoms with Crippen LogP contribution in [0.1, 0.15) is 90.3 Å². The van der Waals surface area contributed by atoms with Crippen LogP contribution >= 0.6 is 0 Å². The van der Waals surface area contributed by atoms with E-state index < -0.39 is 0 Å². The Morgan fingerprint density at radius 3 is 2.14 bits per heavy atom. The van der Waals surface area contributed by atoms with Crippen molar-refractivity contribution in [2.24, 2.45) is 11.8 Å². The van der Waals surface area contributed by atoms with Crippen LogP contribution < -0.4 is 0 Å². The molecule has 0 aliphatic heterocycles. The lowest BCUT2D eigenvalue weighted by atomic mass is 9.85. The number of carbonyl (C=O) groups excluding carboxylic acids is 1. The molecule has 0 aromatic heterocycles. The first-order valence-electron chi connectivity index (χ1n) is 10.8. The monoisotopic (exact) mass is 382 g/mol. The Morgan fingerprint density at radius 2 is 1.68 bits per heavy atom. The first-order valence-corrected chi connectivity index (χ1v) is 10.8. The molecule has 154 valence electrons. The summed E-state index contributed by atoms with van der Waals surface area (Å²) in [4.78, 5) is 11.7. The number of hydrogen-bond acceptors (Lipinski definition) is 2. The lowest BCUT2D eigenvalue weighted by Crippen LogP contribution is -2.09. The smallest absolute Gasteiger partial charge is 0.330 e. The maximum atomic E-state index is 11.7.